The van der Waals surface area contributed by atoms with Gasteiger partial charge in [-0.25, -0.2) is 9.18 Å². The maximum absolute atomic E-state index is 13.2. The van der Waals surface area contributed by atoms with Crippen molar-refractivity contribution in [3.8, 4) is 0 Å². The number of halogens is 2. The van der Waals surface area contributed by atoms with Crippen molar-refractivity contribution in [1.29, 1.82) is 0 Å². The van der Waals surface area contributed by atoms with Gasteiger partial charge in [0, 0.05) is 24.7 Å². The third kappa shape index (κ3) is 4.74. The number of carbonyl (C=O) groups is 1. The second kappa shape index (κ2) is 7.02. The van der Waals surface area contributed by atoms with Crippen molar-refractivity contribution in [3.63, 3.8) is 0 Å². The average Bonchev–Trinajstić information content (AvgIpc) is 2.36. The molecule has 1 heterocycles. The van der Waals surface area contributed by atoms with Gasteiger partial charge in [-0.05, 0) is 36.6 Å². The molecule has 1 saturated heterocycles. The van der Waals surface area contributed by atoms with Gasteiger partial charge in [-0.3, -0.25) is 4.90 Å². The van der Waals surface area contributed by atoms with Crippen LogP contribution in [0.1, 0.15) is 18.4 Å². The standard InChI is InChI=1S/C14H17ClFNO3/c15-11-5-10(6-12(16)7-11)8-17-3-1-13(2-4-17)20-9-14(18)19/h5-7,13H,1-4,8-9H2,(H,18,19). The van der Waals surface area contributed by atoms with E-state index in [-0.39, 0.29) is 18.5 Å². The fourth-order valence-corrected chi connectivity index (χ4v) is 2.63. The molecule has 1 aromatic carbocycles. The summed E-state index contributed by atoms with van der Waals surface area (Å²) in [5.41, 5.74) is 0.847. The molecule has 6 heteroatoms. The van der Waals surface area contributed by atoms with Gasteiger partial charge in [-0.2, -0.15) is 0 Å². The second-order valence-corrected chi connectivity index (χ2v) is 5.39. The first-order valence-corrected chi connectivity index (χ1v) is 6.91. The molecule has 1 fully saturated rings. The van der Waals surface area contributed by atoms with E-state index in [0.29, 0.717) is 11.6 Å². The van der Waals surface area contributed by atoms with Crippen molar-refractivity contribution in [1.82, 2.24) is 4.90 Å². The predicted octanol–water partition coefficient (Wildman–Crippen LogP) is 2.54. The molecule has 4 nitrogen and oxygen atoms in total. The van der Waals surface area contributed by atoms with Crippen LogP contribution in [0.25, 0.3) is 0 Å². The van der Waals surface area contributed by atoms with E-state index in [0.717, 1.165) is 31.5 Å². The lowest BCUT2D eigenvalue weighted by molar-refractivity contribution is -0.145. The fourth-order valence-electron chi connectivity index (χ4n) is 2.38. The van der Waals surface area contributed by atoms with Crippen molar-refractivity contribution in [2.75, 3.05) is 19.7 Å². The van der Waals surface area contributed by atoms with E-state index in [1.165, 1.54) is 12.1 Å². The number of likely N-dealkylation sites (tertiary alicyclic amines) is 1. The molecule has 1 aliphatic rings. The molecular formula is C14H17ClFNO3. The zero-order valence-electron chi connectivity index (χ0n) is 11.0. The molecule has 1 aromatic rings. The summed E-state index contributed by atoms with van der Waals surface area (Å²) in [6.07, 6.45) is 1.57. The summed E-state index contributed by atoms with van der Waals surface area (Å²) in [6.45, 7) is 2.00. The molecule has 1 N–H and O–H groups in total. The normalized spacial score (nSPS) is 17.3. The Morgan fingerprint density at radius 2 is 2.10 bits per heavy atom. The molecule has 0 bridgehead atoms. The number of piperidine rings is 1. The zero-order chi connectivity index (χ0) is 14.5. The molecule has 0 aliphatic carbocycles. The Kier molecular flexibility index (Phi) is 5.34. The number of hydrogen-bond donors (Lipinski definition) is 1. The van der Waals surface area contributed by atoms with E-state index in [4.69, 9.17) is 21.4 Å². The maximum atomic E-state index is 13.2. The summed E-state index contributed by atoms with van der Waals surface area (Å²) in [5, 5.41) is 8.96. The lowest BCUT2D eigenvalue weighted by atomic mass is 10.1. The summed E-state index contributed by atoms with van der Waals surface area (Å²) in [5.74, 6) is -1.27. The third-order valence-electron chi connectivity index (χ3n) is 3.31. The minimum absolute atomic E-state index is 0.00144. The molecule has 20 heavy (non-hydrogen) atoms. The Morgan fingerprint density at radius 1 is 1.40 bits per heavy atom. The first-order valence-electron chi connectivity index (χ1n) is 6.53. The number of carboxylic acid groups (broad SMARTS) is 1. The Balaban J connectivity index is 1.80. The lowest BCUT2D eigenvalue weighted by Crippen LogP contribution is -2.37. The van der Waals surface area contributed by atoms with Crippen molar-refractivity contribution in [2.24, 2.45) is 0 Å². The Labute approximate surface area is 122 Å². The highest BCUT2D eigenvalue weighted by atomic mass is 35.5. The average molecular weight is 302 g/mol. The van der Waals surface area contributed by atoms with Crippen molar-refractivity contribution in [3.05, 3.63) is 34.6 Å². The molecule has 110 valence electrons. The van der Waals surface area contributed by atoms with Gasteiger partial charge >= 0.3 is 5.97 Å². The van der Waals surface area contributed by atoms with Gasteiger partial charge in [0.05, 0.1) is 6.10 Å². The van der Waals surface area contributed by atoms with Crippen LogP contribution in [0, 0.1) is 5.82 Å². The minimum Gasteiger partial charge on any atom is -0.480 e. The number of carboxylic acids is 1. The molecule has 0 radical (unpaired) electrons. The van der Waals surface area contributed by atoms with Crippen LogP contribution in [-0.4, -0.2) is 41.8 Å². The molecule has 0 aromatic heterocycles. The summed E-state index contributed by atoms with van der Waals surface area (Å²) in [6, 6.07) is 4.54. The van der Waals surface area contributed by atoms with E-state index in [9.17, 15) is 9.18 Å². The van der Waals surface area contributed by atoms with Crippen LogP contribution in [0.15, 0.2) is 18.2 Å². The largest absolute Gasteiger partial charge is 0.480 e. The quantitative estimate of drug-likeness (QED) is 0.908. The number of benzene rings is 1. The minimum atomic E-state index is -0.943. The summed E-state index contributed by atoms with van der Waals surface area (Å²) in [4.78, 5) is 12.6. The smallest absolute Gasteiger partial charge is 0.329 e. The maximum Gasteiger partial charge on any atom is 0.329 e. The number of aliphatic carboxylic acids is 1. The van der Waals surface area contributed by atoms with E-state index < -0.39 is 5.97 Å². The van der Waals surface area contributed by atoms with Gasteiger partial charge in [-0.15, -0.1) is 0 Å². The van der Waals surface area contributed by atoms with E-state index in [2.05, 4.69) is 4.90 Å². The molecular weight excluding hydrogens is 285 g/mol. The summed E-state index contributed by atoms with van der Waals surface area (Å²) in [7, 11) is 0. The molecule has 0 saturated carbocycles. The summed E-state index contributed by atoms with van der Waals surface area (Å²) < 4.78 is 18.5. The Bertz CT molecular complexity index is 455. The predicted molar refractivity (Wildman–Crippen MR) is 73.3 cm³/mol. The van der Waals surface area contributed by atoms with Gasteiger partial charge < -0.3 is 9.84 Å². The van der Waals surface area contributed by atoms with Crippen LogP contribution < -0.4 is 0 Å². The Morgan fingerprint density at radius 3 is 2.70 bits per heavy atom. The number of ether oxygens (including phenoxy) is 1. The lowest BCUT2D eigenvalue weighted by Gasteiger charge is -2.31. The van der Waals surface area contributed by atoms with Crippen LogP contribution in [0.5, 0.6) is 0 Å². The van der Waals surface area contributed by atoms with Crippen molar-refractivity contribution in [2.45, 2.75) is 25.5 Å². The van der Waals surface area contributed by atoms with E-state index >= 15 is 0 Å². The number of rotatable bonds is 5. The number of hydrogen-bond acceptors (Lipinski definition) is 3. The van der Waals surface area contributed by atoms with Gasteiger partial charge in [0.1, 0.15) is 12.4 Å². The molecule has 0 unspecified atom stereocenters. The van der Waals surface area contributed by atoms with Gasteiger partial charge in [0.2, 0.25) is 0 Å². The zero-order valence-corrected chi connectivity index (χ0v) is 11.8. The first-order chi connectivity index (χ1) is 9.52. The monoisotopic (exact) mass is 301 g/mol. The molecule has 0 amide bonds. The van der Waals surface area contributed by atoms with Gasteiger partial charge in [0.15, 0.2) is 0 Å². The number of nitrogens with zero attached hydrogens (tertiary/aromatic N) is 1. The topological polar surface area (TPSA) is 49.8 Å². The highest BCUT2D eigenvalue weighted by Gasteiger charge is 2.20. The van der Waals surface area contributed by atoms with Crippen LogP contribution in [0.2, 0.25) is 5.02 Å². The van der Waals surface area contributed by atoms with Crippen LogP contribution in [-0.2, 0) is 16.1 Å². The highest BCUT2D eigenvalue weighted by molar-refractivity contribution is 6.30. The highest BCUT2D eigenvalue weighted by Crippen LogP contribution is 2.19. The molecule has 0 spiro atoms. The van der Waals surface area contributed by atoms with Gasteiger partial charge in [0.25, 0.3) is 0 Å². The summed E-state index contributed by atoms with van der Waals surface area (Å²) >= 11 is 5.83. The van der Waals surface area contributed by atoms with E-state index in [1.807, 2.05) is 0 Å². The van der Waals surface area contributed by atoms with Crippen LogP contribution in [0.4, 0.5) is 4.39 Å². The molecule has 2 rings (SSSR count). The van der Waals surface area contributed by atoms with Crippen molar-refractivity contribution < 1.29 is 19.0 Å². The third-order valence-corrected chi connectivity index (χ3v) is 3.52. The van der Waals surface area contributed by atoms with Crippen LogP contribution >= 0.6 is 11.6 Å². The van der Waals surface area contributed by atoms with Crippen LogP contribution in [0.3, 0.4) is 0 Å². The first kappa shape index (κ1) is 15.2. The van der Waals surface area contributed by atoms with Gasteiger partial charge in [-0.1, -0.05) is 11.6 Å². The Hall–Kier alpha value is -1.17. The SMILES string of the molecule is O=C(O)COC1CCN(Cc2cc(F)cc(Cl)c2)CC1. The van der Waals surface area contributed by atoms with Crippen molar-refractivity contribution >= 4 is 17.6 Å². The molecule has 1 aliphatic heterocycles. The molecule has 0 atom stereocenters. The van der Waals surface area contributed by atoms with E-state index in [1.54, 1.807) is 6.07 Å². The fraction of sp³-hybridized carbons (Fsp3) is 0.500. The second-order valence-electron chi connectivity index (χ2n) is 4.96.